The molecule has 0 spiro atoms. The van der Waals surface area contributed by atoms with E-state index in [4.69, 9.17) is 4.98 Å². The topological polar surface area (TPSA) is 50.2 Å². The standard InChI is InChI=1S/C26H26N4O/c1-2-29-23-12-7-6-11-22(23)28-25(29)24-13-8-18-30(24)26(31)27-21-16-14-20(15-17-21)19-9-4-3-5-10-19/h3-7,9-12,14-17,24H,2,8,13,18H2,1H3,(H,27,31). The number of amides is 2. The number of benzene rings is 3. The van der Waals surface area contributed by atoms with Gasteiger partial charge in [0.1, 0.15) is 5.82 Å². The number of aryl methyl sites for hydroxylation is 1. The molecule has 1 unspecified atom stereocenters. The summed E-state index contributed by atoms with van der Waals surface area (Å²) >= 11 is 0. The zero-order valence-electron chi connectivity index (χ0n) is 17.7. The average Bonchev–Trinajstić information content (AvgIpc) is 3.44. The molecule has 4 aromatic rings. The number of carbonyl (C=O) groups excluding carboxylic acids is 1. The summed E-state index contributed by atoms with van der Waals surface area (Å²) in [6.45, 7) is 3.71. The van der Waals surface area contributed by atoms with Gasteiger partial charge in [0.05, 0.1) is 17.1 Å². The van der Waals surface area contributed by atoms with E-state index in [-0.39, 0.29) is 12.1 Å². The normalized spacial score (nSPS) is 16.0. The first kappa shape index (κ1) is 19.4. The van der Waals surface area contributed by atoms with Gasteiger partial charge in [0, 0.05) is 18.8 Å². The molecule has 3 aromatic carbocycles. The number of aromatic nitrogens is 2. The lowest BCUT2D eigenvalue weighted by atomic mass is 10.1. The molecule has 1 atom stereocenters. The van der Waals surface area contributed by atoms with Gasteiger partial charge in [0.2, 0.25) is 0 Å². The molecule has 0 radical (unpaired) electrons. The minimum atomic E-state index is -0.0651. The van der Waals surface area contributed by atoms with E-state index >= 15 is 0 Å². The molecular weight excluding hydrogens is 384 g/mol. The molecule has 2 heterocycles. The number of para-hydroxylation sites is 2. The van der Waals surface area contributed by atoms with Crippen LogP contribution in [0.3, 0.4) is 0 Å². The summed E-state index contributed by atoms with van der Waals surface area (Å²) in [6, 6.07) is 26.4. The van der Waals surface area contributed by atoms with Gasteiger partial charge in [-0.15, -0.1) is 0 Å². The second-order valence-electron chi connectivity index (χ2n) is 7.93. The molecule has 156 valence electrons. The highest BCUT2D eigenvalue weighted by Crippen LogP contribution is 2.34. The second kappa shape index (κ2) is 8.26. The number of fused-ring (bicyclic) bond motifs is 1. The molecule has 5 rings (SSSR count). The molecule has 0 bridgehead atoms. The Morgan fingerprint density at radius 2 is 1.68 bits per heavy atom. The largest absolute Gasteiger partial charge is 0.327 e. The van der Waals surface area contributed by atoms with Crippen molar-refractivity contribution in [2.45, 2.75) is 32.4 Å². The maximum Gasteiger partial charge on any atom is 0.322 e. The van der Waals surface area contributed by atoms with Crippen LogP contribution < -0.4 is 5.32 Å². The minimum Gasteiger partial charge on any atom is -0.327 e. The summed E-state index contributed by atoms with van der Waals surface area (Å²) in [6.07, 6.45) is 1.92. The molecule has 0 aliphatic carbocycles. The SMILES string of the molecule is CCn1c(C2CCCN2C(=O)Nc2ccc(-c3ccccc3)cc2)nc2ccccc21. The second-order valence-corrected chi connectivity index (χ2v) is 7.93. The predicted molar refractivity (Wildman–Crippen MR) is 125 cm³/mol. The first-order chi connectivity index (χ1) is 15.2. The number of likely N-dealkylation sites (tertiary alicyclic amines) is 1. The Morgan fingerprint density at radius 3 is 2.45 bits per heavy atom. The van der Waals surface area contributed by atoms with Gasteiger partial charge in [-0.05, 0) is 55.2 Å². The maximum atomic E-state index is 13.1. The van der Waals surface area contributed by atoms with Crippen molar-refractivity contribution >= 4 is 22.8 Å². The van der Waals surface area contributed by atoms with Crippen molar-refractivity contribution in [2.24, 2.45) is 0 Å². The fourth-order valence-corrected chi connectivity index (χ4v) is 4.53. The highest BCUT2D eigenvalue weighted by atomic mass is 16.2. The molecule has 5 nitrogen and oxygen atoms in total. The molecule has 1 saturated heterocycles. The van der Waals surface area contributed by atoms with Gasteiger partial charge in [0.25, 0.3) is 0 Å². The van der Waals surface area contributed by atoms with Crippen LogP contribution in [0, 0.1) is 0 Å². The number of hydrogen-bond donors (Lipinski definition) is 1. The minimum absolute atomic E-state index is 0.00376. The van der Waals surface area contributed by atoms with Crippen LogP contribution in [0.2, 0.25) is 0 Å². The van der Waals surface area contributed by atoms with Crippen molar-refractivity contribution in [3.63, 3.8) is 0 Å². The van der Waals surface area contributed by atoms with E-state index in [2.05, 4.69) is 35.0 Å². The van der Waals surface area contributed by atoms with Crippen molar-refractivity contribution < 1.29 is 4.79 Å². The Bertz CT molecular complexity index is 1200. The van der Waals surface area contributed by atoms with Gasteiger partial charge >= 0.3 is 6.03 Å². The van der Waals surface area contributed by atoms with E-state index in [1.807, 2.05) is 65.6 Å². The van der Waals surface area contributed by atoms with E-state index < -0.39 is 0 Å². The van der Waals surface area contributed by atoms with Crippen LogP contribution in [0.1, 0.15) is 31.6 Å². The lowest BCUT2D eigenvalue weighted by Crippen LogP contribution is -2.35. The van der Waals surface area contributed by atoms with Crippen LogP contribution in [-0.4, -0.2) is 27.0 Å². The summed E-state index contributed by atoms with van der Waals surface area (Å²) in [5.74, 6) is 0.982. The van der Waals surface area contributed by atoms with Gasteiger partial charge in [-0.3, -0.25) is 0 Å². The fraction of sp³-hybridized carbons (Fsp3) is 0.231. The van der Waals surface area contributed by atoms with Crippen LogP contribution in [0.4, 0.5) is 10.5 Å². The first-order valence-electron chi connectivity index (χ1n) is 10.9. The van der Waals surface area contributed by atoms with Gasteiger partial charge in [-0.25, -0.2) is 9.78 Å². The first-order valence-corrected chi connectivity index (χ1v) is 10.9. The zero-order valence-corrected chi connectivity index (χ0v) is 17.7. The summed E-state index contributed by atoms with van der Waals surface area (Å²) in [4.78, 5) is 20.0. The number of imidazole rings is 1. The monoisotopic (exact) mass is 410 g/mol. The average molecular weight is 411 g/mol. The maximum absolute atomic E-state index is 13.1. The van der Waals surface area contributed by atoms with E-state index in [9.17, 15) is 4.79 Å². The highest BCUT2D eigenvalue weighted by Gasteiger charge is 2.33. The molecule has 1 aromatic heterocycles. The lowest BCUT2D eigenvalue weighted by Gasteiger charge is -2.25. The quantitative estimate of drug-likeness (QED) is 0.442. The third-order valence-electron chi connectivity index (χ3n) is 6.06. The van der Waals surface area contributed by atoms with Crippen LogP contribution in [0.5, 0.6) is 0 Å². The van der Waals surface area contributed by atoms with Gasteiger partial charge < -0.3 is 14.8 Å². The smallest absolute Gasteiger partial charge is 0.322 e. The van der Waals surface area contributed by atoms with E-state index in [1.54, 1.807) is 0 Å². The number of nitrogens with one attached hydrogen (secondary N) is 1. The van der Waals surface area contributed by atoms with Gasteiger partial charge in [-0.2, -0.15) is 0 Å². The van der Waals surface area contributed by atoms with Crippen molar-refractivity contribution in [1.82, 2.24) is 14.5 Å². The number of carbonyl (C=O) groups is 1. The van der Waals surface area contributed by atoms with Crippen molar-refractivity contribution in [3.8, 4) is 11.1 Å². The molecule has 1 N–H and O–H groups in total. The Morgan fingerprint density at radius 1 is 0.968 bits per heavy atom. The van der Waals surface area contributed by atoms with E-state index in [0.29, 0.717) is 0 Å². The number of urea groups is 1. The Kier molecular flexibility index (Phi) is 5.16. The zero-order chi connectivity index (χ0) is 21.2. The third-order valence-corrected chi connectivity index (χ3v) is 6.06. The summed E-state index contributed by atoms with van der Waals surface area (Å²) in [5, 5.41) is 3.08. The van der Waals surface area contributed by atoms with Gasteiger partial charge in [-0.1, -0.05) is 54.6 Å². The molecule has 2 amide bonds. The van der Waals surface area contributed by atoms with Crippen LogP contribution in [-0.2, 0) is 6.54 Å². The van der Waals surface area contributed by atoms with Crippen molar-refractivity contribution in [3.05, 3.63) is 84.7 Å². The highest BCUT2D eigenvalue weighted by molar-refractivity contribution is 5.90. The summed E-state index contributed by atoms with van der Waals surface area (Å²) in [7, 11) is 0. The third kappa shape index (κ3) is 3.67. The van der Waals surface area contributed by atoms with E-state index in [0.717, 1.165) is 54.0 Å². The van der Waals surface area contributed by atoms with Crippen molar-refractivity contribution in [2.75, 3.05) is 11.9 Å². The number of anilines is 1. The molecule has 0 saturated carbocycles. The molecule has 1 aliphatic heterocycles. The molecule has 1 fully saturated rings. The van der Waals surface area contributed by atoms with Crippen LogP contribution in [0.15, 0.2) is 78.9 Å². The molecule has 5 heteroatoms. The van der Waals surface area contributed by atoms with E-state index in [1.165, 1.54) is 5.56 Å². The molecule has 1 aliphatic rings. The van der Waals surface area contributed by atoms with Crippen LogP contribution in [0.25, 0.3) is 22.2 Å². The number of hydrogen-bond acceptors (Lipinski definition) is 2. The van der Waals surface area contributed by atoms with Crippen LogP contribution >= 0.6 is 0 Å². The summed E-state index contributed by atoms with van der Waals surface area (Å²) in [5.41, 5.74) is 5.22. The summed E-state index contributed by atoms with van der Waals surface area (Å²) < 4.78 is 2.24. The fourth-order valence-electron chi connectivity index (χ4n) is 4.53. The Balaban J connectivity index is 1.36. The molecule has 31 heavy (non-hydrogen) atoms. The predicted octanol–water partition coefficient (Wildman–Crippen LogP) is 6.09. The lowest BCUT2D eigenvalue weighted by molar-refractivity contribution is 0.204. The van der Waals surface area contributed by atoms with Crippen molar-refractivity contribution in [1.29, 1.82) is 0 Å². The number of nitrogens with zero attached hydrogens (tertiary/aromatic N) is 3. The molecular formula is C26H26N4O. The van der Waals surface area contributed by atoms with Gasteiger partial charge in [0.15, 0.2) is 0 Å². The Hall–Kier alpha value is -3.60. The Labute approximate surface area is 182 Å². The number of rotatable bonds is 4.